The topological polar surface area (TPSA) is 56.1 Å². The van der Waals surface area contributed by atoms with Crippen LogP contribution >= 0.6 is 11.3 Å². The Morgan fingerprint density at radius 1 is 1.42 bits per heavy atom. The minimum Gasteiger partial charge on any atom is -0.376 e. The van der Waals surface area contributed by atoms with E-state index in [0.29, 0.717) is 0 Å². The fourth-order valence-electron chi connectivity index (χ4n) is 3.14. The molecule has 7 heteroatoms. The Balaban J connectivity index is 1.65. The van der Waals surface area contributed by atoms with E-state index in [1.807, 2.05) is 37.0 Å². The summed E-state index contributed by atoms with van der Waals surface area (Å²) in [5.74, 6) is 0. The predicted molar refractivity (Wildman–Crippen MR) is 95.4 cm³/mol. The lowest BCUT2D eigenvalue weighted by Gasteiger charge is -2.24. The molecule has 126 valence electrons. The fourth-order valence-corrected chi connectivity index (χ4v) is 4.18. The summed E-state index contributed by atoms with van der Waals surface area (Å²) < 4.78 is 8.86. The van der Waals surface area contributed by atoms with E-state index in [1.165, 1.54) is 0 Å². The normalized spacial score (nSPS) is 17.7. The molecule has 3 aromatic rings. The Hall–Kier alpha value is -1.99. The van der Waals surface area contributed by atoms with Crippen molar-refractivity contribution in [2.45, 2.75) is 32.4 Å². The predicted octanol–water partition coefficient (Wildman–Crippen LogP) is 2.92. The van der Waals surface area contributed by atoms with Crippen LogP contribution in [-0.2, 0) is 18.3 Å². The van der Waals surface area contributed by atoms with Crippen molar-refractivity contribution in [2.75, 3.05) is 18.1 Å². The molecule has 0 saturated carbocycles. The molecule has 24 heavy (non-hydrogen) atoms. The molecule has 1 atom stereocenters. The zero-order valence-electron chi connectivity index (χ0n) is 14.0. The molecule has 1 fully saturated rings. The van der Waals surface area contributed by atoms with Crippen LogP contribution in [0.2, 0.25) is 0 Å². The first-order valence-electron chi connectivity index (χ1n) is 8.27. The van der Waals surface area contributed by atoms with Crippen molar-refractivity contribution in [1.82, 2.24) is 19.7 Å². The highest BCUT2D eigenvalue weighted by Gasteiger charge is 2.23. The van der Waals surface area contributed by atoms with E-state index in [0.717, 1.165) is 59.4 Å². The van der Waals surface area contributed by atoms with Gasteiger partial charge in [0.2, 0.25) is 0 Å². The van der Waals surface area contributed by atoms with Crippen LogP contribution in [0, 0.1) is 6.92 Å². The first-order valence-corrected chi connectivity index (χ1v) is 9.09. The van der Waals surface area contributed by atoms with Gasteiger partial charge >= 0.3 is 0 Å². The van der Waals surface area contributed by atoms with Crippen molar-refractivity contribution in [3.05, 3.63) is 35.8 Å². The minimum absolute atomic E-state index is 0.278. The molecule has 0 radical (unpaired) electrons. The third-order valence-corrected chi connectivity index (χ3v) is 5.54. The summed E-state index contributed by atoms with van der Waals surface area (Å²) in [7, 11) is 1.95. The summed E-state index contributed by atoms with van der Waals surface area (Å²) in [6.07, 6.45) is 4.38. The highest BCUT2D eigenvalue weighted by molar-refractivity contribution is 7.22. The van der Waals surface area contributed by atoms with Gasteiger partial charge in [-0.25, -0.2) is 9.67 Å². The highest BCUT2D eigenvalue weighted by Crippen LogP contribution is 2.32. The smallest absolute Gasteiger partial charge is 0.188 e. The van der Waals surface area contributed by atoms with Gasteiger partial charge in [-0.3, -0.25) is 4.98 Å². The standard InChI is InChI=1S/C17H21N5OS/c1-12-15-16(21(2)20-12)19-17(24-15)22(11-14-7-5-9-23-14)10-13-6-3-4-8-18-13/h3-4,6,8,14H,5,7,9-11H2,1-2H3. The van der Waals surface area contributed by atoms with Crippen LogP contribution in [-0.4, -0.2) is 39.0 Å². The molecule has 0 aromatic carbocycles. The number of anilines is 1. The summed E-state index contributed by atoms with van der Waals surface area (Å²) in [5.41, 5.74) is 3.03. The molecule has 0 amide bonds. The number of hydrogen-bond acceptors (Lipinski definition) is 6. The van der Waals surface area contributed by atoms with Crippen molar-refractivity contribution in [3.8, 4) is 0 Å². The van der Waals surface area contributed by atoms with E-state index in [9.17, 15) is 0 Å². The van der Waals surface area contributed by atoms with E-state index in [1.54, 1.807) is 11.3 Å². The summed E-state index contributed by atoms with van der Waals surface area (Å²) in [6.45, 7) is 4.49. The molecule has 0 spiro atoms. The lowest BCUT2D eigenvalue weighted by molar-refractivity contribution is 0.115. The number of hydrogen-bond donors (Lipinski definition) is 0. The van der Waals surface area contributed by atoms with E-state index in [4.69, 9.17) is 9.72 Å². The zero-order valence-corrected chi connectivity index (χ0v) is 14.8. The number of thiazole rings is 1. The number of ether oxygens (including phenoxy) is 1. The Bertz CT molecular complexity index is 788. The minimum atomic E-state index is 0.278. The van der Waals surface area contributed by atoms with Gasteiger partial charge in [0.25, 0.3) is 0 Å². The summed E-state index contributed by atoms with van der Waals surface area (Å²) in [4.78, 5) is 11.6. The van der Waals surface area contributed by atoms with Gasteiger partial charge in [0.05, 0.1) is 28.7 Å². The summed E-state index contributed by atoms with van der Waals surface area (Å²) in [5, 5.41) is 5.46. The Morgan fingerprint density at radius 2 is 2.33 bits per heavy atom. The molecule has 4 rings (SSSR count). The van der Waals surface area contributed by atoms with Crippen molar-refractivity contribution >= 4 is 26.8 Å². The van der Waals surface area contributed by atoms with E-state index in [2.05, 4.69) is 21.0 Å². The van der Waals surface area contributed by atoms with Gasteiger partial charge in [-0.1, -0.05) is 17.4 Å². The third-order valence-electron chi connectivity index (χ3n) is 4.33. The second kappa shape index (κ2) is 6.49. The lowest BCUT2D eigenvalue weighted by atomic mass is 10.2. The molecule has 4 heterocycles. The first-order chi connectivity index (χ1) is 11.7. The second-order valence-electron chi connectivity index (χ2n) is 6.19. The Labute approximate surface area is 145 Å². The van der Waals surface area contributed by atoms with Crippen LogP contribution in [0.1, 0.15) is 24.2 Å². The molecule has 6 nitrogen and oxygen atoms in total. The van der Waals surface area contributed by atoms with Gasteiger partial charge in [-0.15, -0.1) is 0 Å². The molecule has 3 aromatic heterocycles. The molecule has 1 aliphatic rings. The summed E-state index contributed by atoms with van der Waals surface area (Å²) >= 11 is 1.70. The van der Waals surface area contributed by atoms with Gasteiger partial charge in [-0.05, 0) is 31.9 Å². The molecule has 1 saturated heterocycles. The Kier molecular flexibility index (Phi) is 4.20. The van der Waals surface area contributed by atoms with E-state index >= 15 is 0 Å². The lowest BCUT2D eigenvalue weighted by Crippen LogP contribution is -2.32. The van der Waals surface area contributed by atoms with Crippen LogP contribution < -0.4 is 4.90 Å². The maximum atomic E-state index is 5.84. The number of pyridine rings is 1. The number of nitrogens with zero attached hydrogens (tertiary/aromatic N) is 5. The van der Waals surface area contributed by atoms with Gasteiger partial charge in [0.15, 0.2) is 10.8 Å². The van der Waals surface area contributed by atoms with E-state index < -0.39 is 0 Å². The second-order valence-corrected chi connectivity index (χ2v) is 7.17. The van der Waals surface area contributed by atoms with Crippen LogP contribution in [0.4, 0.5) is 5.13 Å². The van der Waals surface area contributed by atoms with Crippen LogP contribution in [0.5, 0.6) is 0 Å². The van der Waals surface area contributed by atoms with Gasteiger partial charge in [-0.2, -0.15) is 5.10 Å². The quantitative estimate of drug-likeness (QED) is 0.713. The highest BCUT2D eigenvalue weighted by atomic mass is 32.1. The maximum absolute atomic E-state index is 5.84. The molecule has 1 unspecified atom stereocenters. The number of rotatable bonds is 5. The zero-order chi connectivity index (χ0) is 16.5. The fraction of sp³-hybridized carbons (Fsp3) is 0.471. The largest absolute Gasteiger partial charge is 0.376 e. The molecular weight excluding hydrogens is 322 g/mol. The molecule has 1 aliphatic heterocycles. The average molecular weight is 343 g/mol. The first kappa shape index (κ1) is 15.5. The monoisotopic (exact) mass is 343 g/mol. The Morgan fingerprint density at radius 3 is 3.04 bits per heavy atom. The van der Waals surface area contributed by atoms with Crippen LogP contribution in [0.25, 0.3) is 10.3 Å². The average Bonchev–Trinajstić information content (AvgIpc) is 3.28. The van der Waals surface area contributed by atoms with Crippen LogP contribution in [0.3, 0.4) is 0 Å². The number of fused-ring (bicyclic) bond motifs is 1. The van der Waals surface area contributed by atoms with Crippen molar-refractivity contribution < 1.29 is 4.74 Å². The van der Waals surface area contributed by atoms with Gasteiger partial charge < -0.3 is 9.64 Å². The van der Waals surface area contributed by atoms with Crippen molar-refractivity contribution in [3.63, 3.8) is 0 Å². The molecule has 0 bridgehead atoms. The molecular formula is C17H21N5OS. The molecule has 0 aliphatic carbocycles. The van der Waals surface area contributed by atoms with Crippen LogP contribution in [0.15, 0.2) is 24.4 Å². The molecule has 0 N–H and O–H groups in total. The third kappa shape index (κ3) is 3.01. The SMILES string of the molecule is Cc1nn(C)c2nc(N(Cc3ccccn3)CC3CCCO3)sc12. The number of aromatic nitrogens is 4. The summed E-state index contributed by atoms with van der Waals surface area (Å²) in [6, 6.07) is 6.03. The van der Waals surface area contributed by atoms with Gasteiger partial charge in [0, 0.05) is 26.4 Å². The maximum Gasteiger partial charge on any atom is 0.188 e. The number of aryl methyl sites for hydroxylation is 2. The van der Waals surface area contributed by atoms with Gasteiger partial charge in [0.1, 0.15) is 0 Å². The van der Waals surface area contributed by atoms with Crippen molar-refractivity contribution in [1.29, 1.82) is 0 Å². The van der Waals surface area contributed by atoms with E-state index in [-0.39, 0.29) is 6.10 Å². The van der Waals surface area contributed by atoms with Crippen molar-refractivity contribution in [2.24, 2.45) is 7.05 Å².